The van der Waals surface area contributed by atoms with E-state index < -0.39 is 0 Å². The molecule has 0 fully saturated rings. The van der Waals surface area contributed by atoms with Crippen LogP contribution >= 0.6 is 0 Å². The van der Waals surface area contributed by atoms with Crippen molar-refractivity contribution in [2.75, 3.05) is 24.6 Å². The molecule has 0 aliphatic carbocycles. The average molecular weight is 343 g/mol. The van der Waals surface area contributed by atoms with Gasteiger partial charge >= 0.3 is 0 Å². The zero-order valence-electron chi connectivity index (χ0n) is 15.5. The number of benzene rings is 2. The minimum atomic E-state index is 0.101. The Labute approximate surface area is 150 Å². The molecule has 2 rings (SSSR count). The summed E-state index contributed by atoms with van der Waals surface area (Å²) >= 11 is 0. The Kier molecular flexibility index (Phi) is 6.53. The monoisotopic (exact) mass is 343 g/mol. The Bertz CT molecular complexity index is 669. The smallest absolute Gasteiger partial charge is 0.129 e. The molecule has 25 heavy (non-hydrogen) atoms. The first-order valence-corrected chi connectivity index (χ1v) is 8.78. The highest BCUT2D eigenvalue weighted by Gasteiger charge is 2.19. The van der Waals surface area contributed by atoms with Gasteiger partial charge in [0.2, 0.25) is 0 Å². The number of nitrogens with zero attached hydrogens (tertiary/aromatic N) is 1. The number of anilines is 2. The number of nitrogen functional groups attached to an aromatic ring is 2. The Morgan fingerprint density at radius 3 is 1.96 bits per heavy atom. The Balaban J connectivity index is 1.98. The van der Waals surface area contributed by atoms with Crippen molar-refractivity contribution < 1.29 is 9.47 Å². The van der Waals surface area contributed by atoms with Crippen molar-refractivity contribution >= 4 is 11.4 Å². The summed E-state index contributed by atoms with van der Waals surface area (Å²) in [5, 5.41) is 0. The standard InChI is InChI=1S/C20H29N3O2/c1-5-23(6-2)14(3)15(4)24-16-7-9-17(10-8-16)25-18-11-12-19(21)20(22)13-18/h7-15H,5-6,21-22H2,1-4H3. The molecule has 0 heterocycles. The largest absolute Gasteiger partial charge is 0.489 e. The van der Waals surface area contributed by atoms with Crippen LogP contribution in [0, 0.1) is 0 Å². The summed E-state index contributed by atoms with van der Waals surface area (Å²) in [7, 11) is 0. The molecule has 0 aliphatic heterocycles. The van der Waals surface area contributed by atoms with Crippen molar-refractivity contribution in [3.05, 3.63) is 42.5 Å². The first-order valence-electron chi connectivity index (χ1n) is 8.78. The lowest BCUT2D eigenvalue weighted by Crippen LogP contribution is -2.42. The van der Waals surface area contributed by atoms with Crippen LogP contribution in [0.3, 0.4) is 0 Å². The van der Waals surface area contributed by atoms with Gasteiger partial charge in [-0.25, -0.2) is 0 Å². The molecule has 5 heteroatoms. The number of ether oxygens (including phenoxy) is 2. The molecule has 0 aromatic heterocycles. The molecule has 0 aliphatic rings. The molecule has 2 unspecified atom stereocenters. The topological polar surface area (TPSA) is 73.7 Å². The number of hydrogen-bond acceptors (Lipinski definition) is 5. The highest BCUT2D eigenvalue weighted by Crippen LogP contribution is 2.28. The lowest BCUT2D eigenvalue weighted by Gasteiger charge is -2.31. The molecule has 0 bridgehead atoms. The van der Waals surface area contributed by atoms with Crippen LogP contribution in [0.15, 0.2) is 42.5 Å². The van der Waals surface area contributed by atoms with Crippen LogP contribution in [0.25, 0.3) is 0 Å². The van der Waals surface area contributed by atoms with Crippen molar-refractivity contribution in [3.8, 4) is 17.2 Å². The predicted molar refractivity (Wildman–Crippen MR) is 104 cm³/mol. The van der Waals surface area contributed by atoms with E-state index in [0.29, 0.717) is 23.2 Å². The second-order valence-electron chi connectivity index (χ2n) is 6.15. The predicted octanol–water partition coefficient (Wildman–Crippen LogP) is 4.14. The third-order valence-corrected chi connectivity index (χ3v) is 4.51. The van der Waals surface area contributed by atoms with Crippen molar-refractivity contribution in [2.24, 2.45) is 0 Å². The quantitative estimate of drug-likeness (QED) is 0.705. The highest BCUT2D eigenvalue weighted by atomic mass is 16.5. The lowest BCUT2D eigenvalue weighted by atomic mass is 10.1. The fourth-order valence-electron chi connectivity index (χ4n) is 2.75. The van der Waals surface area contributed by atoms with E-state index in [-0.39, 0.29) is 6.10 Å². The Morgan fingerprint density at radius 2 is 1.40 bits per heavy atom. The number of likely N-dealkylation sites (N-methyl/N-ethyl adjacent to an activating group) is 1. The van der Waals surface area contributed by atoms with Gasteiger partial charge in [-0.2, -0.15) is 0 Å². The van der Waals surface area contributed by atoms with Gasteiger partial charge in [-0.3, -0.25) is 4.90 Å². The SMILES string of the molecule is CCN(CC)C(C)C(C)Oc1ccc(Oc2ccc(N)c(N)c2)cc1. The van der Waals surface area contributed by atoms with Gasteiger partial charge in [0.15, 0.2) is 0 Å². The second kappa shape index (κ2) is 8.62. The average Bonchev–Trinajstić information content (AvgIpc) is 2.61. The van der Waals surface area contributed by atoms with Crippen LogP contribution < -0.4 is 20.9 Å². The summed E-state index contributed by atoms with van der Waals surface area (Å²) < 4.78 is 11.9. The summed E-state index contributed by atoms with van der Waals surface area (Å²) in [5.74, 6) is 2.21. The zero-order valence-corrected chi connectivity index (χ0v) is 15.5. The van der Waals surface area contributed by atoms with Gasteiger partial charge in [0, 0.05) is 12.1 Å². The van der Waals surface area contributed by atoms with Crippen LogP contribution in [-0.2, 0) is 0 Å². The van der Waals surface area contributed by atoms with Gasteiger partial charge in [-0.15, -0.1) is 0 Å². The zero-order chi connectivity index (χ0) is 18.4. The van der Waals surface area contributed by atoms with Crippen LogP contribution in [0.2, 0.25) is 0 Å². The molecule has 0 saturated heterocycles. The van der Waals surface area contributed by atoms with Gasteiger partial charge in [0.05, 0.1) is 11.4 Å². The third-order valence-electron chi connectivity index (χ3n) is 4.51. The molecule has 2 aromatic carbocycles. The molecule has 2 atom stereocenters. The van der Waals surface area contributed by atoms with Crippen molar-refractivity contribution in [2.45, 2.75) is 39.8 Å². The first-order chi connectivity index (χ1) is 11.9. The van der Waals surface area contributed by atoms with Crippen LogP contribution in [-0.4, -0.2) is 30.1 Å². The molecule has 4 N–H and O–H groups in total. The van der Waals surface area contributed by atoms with Gasteiger partial charge < -0.3 is 20.9 Å². The van der Waals surface area contributed by atoms with E-state index in [4.69, 9.17) is 20.9 Å². The van der Waals surface area contributed by atoms with E-state index in [1.165, 1.54) is 0 Å². The molecular weight excluding hydrogens is 314 g/mol. The summed E-state index contributed by atoms with van der Waals surface area (Å²) in [5.41, 5.74) is 12.6. The maximum atomic E-state index is 6.07. The fraction of sp³-hybridized carbons (Fsp3) is 0.400. The van der Waals surface area contributed by atoms with Crippen molar-refractivity contribution in [1.82, 2.24) is 4.90 Å². The highest BCUT2D eigenvalue weighted by molar-refractivity contribution is 5.65. The first kappa shape index (κ1) is 18.9. The van der Waals surface area contributed by atoms with Gasteiger partial charge in [-0.1, -0.05) is 13.8 Å². The number of rotatable bonds is 8. The van der Waals surface area contributed by atoms with Crippen molar-refractivity contribution in [3.63, 3.8) is 0 Å². The molecule has 0 saturated carbocycles. The van der Waals surface area contributed by atoms with Gasteiger partial charge in [0.25, 0.3) is 0 Å². The van der Waals surface area contributed by atoms with Crippen LogP contribution in [0.5, 0.6) is 17.2 Å². The summed E-state index contributed by atoms with van der Waals surface area (Å²) in [6.45, 7) is 10.7. The van der Waals surface area contributed by atoms with E-state index in [2.05, 4.69) is 32.6 Å². The summed E-state index contributed by atoms with van der Waals surface area (Å²) in [6.07, 6.45) is 0.101. The van der Waals surface area contributed by atoms with E-state index in [1.54, 1.807) is 18.2 Å². The van der Waals surface area contributed by atoms with E-state index >= 15 is 0 Å². The van der Waals surface area contributed by atoms with E-state index in [0.717, 1.165) is 24.6 Å². The lowest BCUT2D eigenvalue weighted by molar-refractivity contribution is 0.0948. The third kappa shape index (κ3) is 5.03. The van der Waals surface area contributed by atoms with Crippen molar-refractivity contribution in [1.29, 1.82) is 0 Å². The van der Waals surface area contributed by atoms with Crippen LogP contribution in [0.1, 0.15) is 27.7 Å². The van der Waals surface area contributed by atoms with Crippen LogP contribution in [0.4, 0.5) is 11.4 Å². The number of nitrogens with two attached hydrogens (primary N) is 2. The Morgan fingerprint density at radius 1 is 0.840 bits per heavy atom. The second-order valence-corrected chi connectivity index (χ2v) is 6.15. The maximum Gasteiger partial charge on any atom is 0.129 e. The minimum absolute atomic E-state index is 0.101. The van der Waals surface area contributed by atoms with Gasteiger partial charge in [0.1, 0.15) is 23.4 Å². The maximum absolute atomic E-state index is 6.07. The molecule has 0 spiro atoms. The molecule has 136 valence electrons. The molecule has 5 nitrogen and oxygen atoms in total. The Hall–Kier alpha value is -2.40. The summed E-state index contributed by atoms with van der Waals surface area (Å²) in [6, 6.07) is 13.2. The normalized spacial score (nSPS) is 13.5. The summed E-state index contributed by atoms with van der Waals surface area (Å²) in [4.78, 5) is 2.38. The van der Waals surface area contributed by atoms with E-state index in [9.17, 15) is 0 Å². The molecular formula is C20H29N3O2. The van der Waals surface area contributed by atoms with E-state index in [1.807, 2.05) is 24.3 Å². The minimum Gasteiger partial charge on any atom is -0.489 e. The molecule has 2 aromatic rings. The fourth-order valence-corrected chi connectivity index (χ4v) is 2.75. The van der Waals surface area contributed by atoms with Gasteiger partial charge in [-0.05, 0) is 63.3 Å². The molecule has 0 amide bonds. The molecule has 0 radical (unpaired) electrons. The number of hydrogen-bond donors (Lipinski definition) is 2.